The Morgan fingerprint density at radius 2 is 1.43 bits per heavy atom. The summed E-state index contributed by atoms with van der Waals surface area (Å²) in [6, 6.07) is 0. The highest BCUT2D eigenvalue weighted by Gasteiger charge is 2.36. The van der Waals surface area contributed by atoms with E-state index < -0.39 is 32.5 Å². The third-order valence-corrected chi connectivity index (χ3v) is 8.73. The molecular formula is C34H63O9P. The van der Waals surface area contributed by atoms with Gasteiger partial charge in [0.15, 0.2) is 6.10 Å². The molecule has 2 N–H and O–H groups in total. The molecule has 258 valence electrons. The fraction of sp³-hybridized carbons (Fsp3) is 0.882. The number of hydrogen-bond donors (Lipinski definition) is 2. The molecule has 4 atom stereocenters. The van der Waals surface area contributed by atoms with Gasteiger partial charge in [-0.1, -0.05) is 116 Å². The summed E-state index contributed by atoms with van der Waals surface area (Å²) in [7, 11) is -4.75. The lowest BCUT2D eigenvalue weighted by Crippen LogP contribution is -2.29. The molecule has 1 heterocycles. The molecule has 0 spiro atoms. The third-order valence-electron chi connectivity index (χ3n) is 8.25. The summed E-state index contributed by atoms with van der Waals surface area (Å²) in [5.74, 6) is -0.132. The fourth-order valence-corrected chi connectivity index (χ4v) is 5.48. The number of hydrogen-bond acceptors (Lipinski definition) is 7. The summed E-state index contributed by atoms with van der Waals surface area (Å²) < 4.78 is 32.0. The average Bonchev–Trinajstić information content (AvgIpc) is 3.74. The zero-order chi connectivity index (χ0) is 32.5. The molecule has 1 saturated heterocycles. The normalized spacial score (nSPS) is 17.9. The fourth-order valence-electron chi connectivity index (χ4n) is 5.12. The quantitative estimate of drug-likeness (QED) is 0.0258. The van der Waals surface area contributed by atoms with Crippen molar-refractivity contribution in [2.75, 3.05) is 13.2 Å². The van der Waals surface area contributed by atoms with Crippen LogP contribution in [0, 0.1) is 5.92 Å². The summed E-state index contributed by atoms with van der Waals surface area (Å²) in [6.07, 6.45) is 25.4. The number of allylic oxidation sites excluding steroid dienone is 1. The van der Waals surface area contributed by atoms with Crippen LogP contribution in [0.5, 0.6) is 0 Å². The van der Waals surface area contributed by atoms with Gasteiger partial charge in [0.05, 0.1) is 18.8 Å². The van der Waals surface area contributed by atoms with Crippen molar-refractivity contribution in [3.8, 4) is 0 Å². The van der Waals surface area contributed by atoms with Crippen LogP contribution in [0.25, 0.3) is 0 Å². The number of carbonyl (C=O) groups excluding carboxylic acids is 2. The van der Waals surface area contributed by atoms with Gasteiger partial charge in [0.1, 0.15) is 6.61 Å². The van der Waals surface area contributed by atoms with Crippen molar-refractivity contribution in [3.05, 3.63) is 12.2 Å². The third kappa shape index (κ3) is 25.0. The number of ether oxygens (including phenoxy) is 3. The van der Waals surface area contributed by atoms with Gasteiger partial charge in [-0.25, -0.2) is 4.57 Å². The van der Waals surface area contributed by atoms with E-state index in [4.69, 9.17) is 24.0 Å². The first-order chi connectivity index (χ1) is 21.1. The summed E-state index contributed by atoms with van der Waals surface area (Å²) in [4.78, 5) is 42.6. The first-order valence-electron chi connectivity index (χ1n) is 17.5. The largest absolute Gasteiger partial charge is 0.469 e. The van der Waals surface area contributed by atoms with Gasteiger partial charge in [0.2, 0.25) is 0 Å². The maximum atomic E-state index is 12.3. The second-order valence-corrected chi connectivity index (χ2v) is 13.7. The van der Waals surface area contributed by atoms with Crippen molar-refractivity contribution >= 4 is 19.8 Å². The molecule has 0 aromatic rings. The van der Waals surface area contributed by atoms with E-state index >= 15 is 0 Å². The molecule has 9 nitrogen and oxygen atoms in total. The highest BCUT2D eigenvalue weighted by Crippen LogP contribution is 2.36. The number of phosphoric acid groups is 1. The van der Waals surface area contributed by atoms with Gasteiger partial charge in [0, 0.05) is 12.8 Å². The molecule has 0 saturated carbocycles. The Morgan fingerprint density at radius 1 is 0.795 bits per heavy atom. The van der Waals surface area contributed by atoms with Gasteiger partial charge in [-0.2, -0.15) is 0 Å². The second-order valence-electron chi connectivity index (χ2n) is 12.5. The number of rotatable bonds is 30. The van der Waals surface area contributed by atoms with Crippen molar-refractivity contribution in [2.24, 2.45) is 5.92 Å². The van der Waals surface area contributed by atoms with Crippen LogP contribution >= 0.6 is 7.82 Å². The van der Waals surface area contributed by atoms with Crippen LogP contribution in [-0.4, -0.2) is 53.3 Å². The van der Waals surface area contributed by atoms with E-state index in [1.807, 2.05) is 0 Å². The molecule has 0 aromatic heterocycles. The molecule has 1 fully saturated rings. The molecule has 1 rings (SSSR count). The smallest absolute Gasteiger partial charge is 0.462 e. The number of esters is 2. The zero-order valence-electron chi connectivity index (χ0n) is 27.9. The van der Waals surface area contributed by atoms with E-state index in [0.29, 0.717) is 25.0 Å². The van der Waals surface area contributed by atoms with Crippen LogP contribution in [0.1, 0.15) is 156 Å². The van der Waals surface area contributed by atoms with Crippen LogP contribution < -0.4 is 0 Å². The van der Waals surface area contributed by atoms with Gasteiger partial charge in [-0.05, 0) is 44.4 Å². The van der Waals surface area contributed by atoms with Crippen LogP contribution in [0.4, 0.5) is 0 Å². The summed E-state index contributed by atoms with van der Waals surface area (Å²) in [6.45, 7) is 5.88. The first kappa shape index (κ1) is 40.8. The lowest BCUT2D eigenvalue weighted by molar-refractivity contribution is -0.161. The Bertz CT molecular complexity index is 813. The van der Waals surface area contributed by atoms with Crippen molar-refractivity contribution in [1.29, 1.82) is 0 Å². The van der Waals surface area contributed by atoms with E-state index in [-0.39, 0.29) is 19.4 Å². The maximum absolute atomic E-state index is 12.3. The van der Waals surface area contributed by atoms with E-state index in [2.05, 4.69) is 37.4 Å². The Hall–Kier alpha value is -1.25. The molecule has 3 unspecified atom stereocenters. The van der Waals surface area contributed by atoms with Crippen molar-refractivity contribution < 1.29 is 42.7 Å². The van der Waals surface area contributed by atoms with Crippen molar-refractivity contribution in [1.82, 2.24) is 0 Å². The lowest BCUT2D eigenvalue weighted by Gasteiger charge is -2.18. The molecule has 10 heteroatoms. The van der Waals surface area contributed by atoms with Gasteiger partial charge >= 0.3 is 19.8 Å². The van der Waals surface area contributed by atoms with E-state index in [1.165, 1.54) is 44.9 Å². The molecule has 0 radical (unpaired) electrons. The highest BCUT2D eigenvalue weighted by atomic mass is 31.2. The molecule has 0 aromatic carbocycles. The Balaban J connectivity index is 2.12. The molecule has 44 heavy (non-hydrogen) atoms. The summed E-state index contributed by atoms with van der Waals surface area (Å²) >= 11 is 0. The molecule has 0 aliphatic carbocycles. The minimum atomic E-state index is -4.75. The molecule has 1 aliphatic rings. The zero-order valence-corrected chi connectivity index (χ0v) is 28.8. The minimum absolute atomic E-state index is 0.205. The standard InChI is InChI=1S/C34H63O9P/c1-4-6-7-8-13-18-23-31-32(43-31)24-19-14-11-16-20-25-33(35)40-27-30(28-41-44(37,38)39)42-34(36)26-21-15-10-9-12-17-22-29(3)5-2/h13,18,29-32H,4-12,14-17,19-28H2,1-3H3,(H2,37,38,39)/b18-13-/t29?,30-,31?,32?/m1/s1. The van der Waals surface area contributed by atoms with Crippen LogP contribution in [0.2, 0.25) is 0 Å². The van der Waals surface area contributed by atoms with Crippen LogP contribution in [0.3, 0.4) is 0 Å². The average molecular weight is 647 g/mol. The Morgan fingerprint density at radius 3 is 2.09 bits per heavy atom. The predicted octanol–water partition coefficient (Wildman–Crippen LogP) is 8.74. The first-order valence-corrected chi connectivity index (χ1v) is 19.0. The number of carbonyl (C=O) groups is 2. The van der Waals surface area contributed by atoms with E-state index in [9.17, 15) is 14.2 Å². The minimum Gasteiger partial charge on any atom is -0.462 e. The Kier molecular flexibility index (Phi) is 24.0. The van der Waals surface area contributed by atoms with Crippen LogP contribution in [-0.2, 0) is 32.9 Å². The van der Waals surface area contributed by atoms with Gasteiger partial charge in [-0.15, -0.1) is 0 Å². The molecule has 0 bridgehead atoms. The van der Waals surface area contributed by atoms with Gasteiger partial charge < -0.3 is 24.0 Å². The predicted molar refractivity (Wildman–Crippen MR) is 174 cm³/mol. The van der Waals surface area contributed by atoms with E-state index in [0.717, 1.165) is 70.1 Å². The molecular weight excluding hydrogens is 583 g/mol. The van der Waals surface area contributed by atoms with E-state index in [1.54, 1.807) is 0 Å². The number of epoxide rings is 1. The topological polar surface area (TPSA) is 132 Å². The highest BCUT2D eigenvalue weighted by molar-refractivity contribution is 7.46. The summed E-state index contributed by atoms with van der Waals surface area (Å²) in [5.41, 5.74) is 0. The van der Waals surface area contributed by atoms with Crippen molar-refractivity contribution in [3.63, 3.8) is 0 Å². The number of unbranched alkanes of at least 4 members (excludes halogenated alkanes) is 12. The number of phosphoric ester groups is 1. The molecule has 0 amide bonds. The lowest BCUT2D eigenvalue weighted by atomic mass is 10.00. The van der Waals surface area contributed by atoms with Crippen LogP contribution in [0.15, 0.2) is 12.2 Å². The molecule has 1 aliphatic heterocycles. The second kappa shape index (κ2) is 25.9. The summed E-state index contributed by atoms with van der Waals surface area (Å²) in [5, 5.41) is 0. The van der Waals surface area contributed by atoms with Gasteiger partial charge in [-0.3, -0.25) is 14.1 Å². The SMILES string of the molecule is CCCCC/C=C\CC1OC1CCCCCCCC(=O)OC[C@H](COP(=O)(O)O)OC(=O)CCCCCCCCC(C)CC. The van der Waals surface area contributed by atoms with Crippen molar-refractivity contribution in [2.45, 2.75) is 174 Å². The Labute approximate surface area is 267 Å². The van der Waals surface area contributed by atoms with Gasteiger partial charge in [0.25, 0.3) is 0 Å². The monoisotopic (exact) mass is 646 g/mol. The maximum Gasteiger partial charge on any atom is 0.469 e.